The molecular weight excluding hydrogens is 312 g/mol. The van der Waals surface area contributed by atoms with E-state index in [4.69, 9.17) is 4.74 Å². The number of hydrogen-bond acceptors (Lipinski definition) is 5. The lowest BCUT2D eigenvalue weighted by Gasteiger charge is -2.39. The summed E-state index contributed by atoms with van der Waals surface area (Å²) in [5.41, 5.74) is 1.40. The highest BCUT2D eigenvalue weighted by atomic mass is 32.1. The lowest BCUT2D eigenvalue weighted by molar-refractivity contribution is -0.145. The van der Waals surface area contributed by atoms with Gasteiger partial charge in [0.25, 0.3) is 5.56 Å². The molecule has 1 N–H and O–H groups in total. The molecule has 0 radical (unpaired) electrons. The maximum absolute atomic E-state index is 12.7. The first-order chi connectivity index (χ1) is 11.2. The lowest BCUT2D eigenvalue weighted by Crippen LogP contribution is -2.50. The van der Waals surface area contributed by atoms with Crippen LogP contribution in [0.1, 0.15) is 0 Å². The zero-order valence-corrected chi connectivity index (χ0v) is 13.3. The van der Waals surface area contributed by atoms with E-state index in [9.17, 15) is 9.90 Å². The predicted octanol–water partition coefficient (Wildman–Crippen LogP) is 2.13. The Bertz CT molecular complexity index is 892. The average Bonchev–Trinajstić information content (AvgIpc) is 2.99. The van der Waals surface area contributed by atoms with Crippen LogP contribution in [-0.2, 0) is 11.3 Å². The van der Waals surface area contributed by atoms with E-state index >= 15 is 0 Å². The third-order valence-electron chi connectivity index (χ3n) is 4.22. The Hall–Kier alpha value is -2.02. The number of nitrogens with zero attached hydrogens (tertiary/aromatic N) is 2. The molecule has 118 valence electrons. The van der Waals surface area contributed by atoms with Gasteiger partial charge in [0.2, 0.25) is 0 Å². The molecule has 0 atom stereocenters. The van der Waals surface area contributed by atoms with Crippen molar-refractivity contribution < 1.29 is 9.84 Å². The molecule has 2 aromatic heterocycles. The van der Waals surface area contributed by atoms with Crippen LogP contribution < -0.4 is 5.56 Å². The Morgan fingerprint density at radius 1 is 1.30 bits per heavy atom. The van der Waals surface area contributed by atoms with Gasteiger partial charge in [-0.1, -0.05) is 30.3 Å². The lowest BCUT2D eigenvalue weighted by atomic mass is 9.87. The van der Waals surface area contributed by atoms with Gasteiger partial charge >= 0.3 is 0 Å². The first kappa shape index (κ1) is 14.6. The molecule has 6 heteroatoms. The second-order valence-electron chi connectivity index (χ2n) is 6.02. The first-order valence-corrected chi connectivity index (χ1v) is 8.25. The van der Waals surface area contributed by atoms with E-state index in [1.54, 1.807) is 10.9 Å². The molecule has 0 amide bonds. The summed E-state index contributed by atoms with van der Waals surface area (Å²) in [5, 5.41) is 9.54. The van der Waals surface area contributed by atoms with Gasteiger partial charge in [0.05, 0.1) is 37.1 Å². The highest BCUT2D eigenvalue weighted by Crippen LogP contribution is 2.31. The van der Waals surface area contributed by atoms with Crippen molar-refractivity contribution in [3.05, 3.63) is 53.1 Å². The van der Waals surface area contributed by atoms with Gasteiger partial charge < -0.3 is 9.84 Å². The number of aliphatic hydroxyl groups excluding tert-OH is 1. The smallest absolute Gasteiger partial charge is 0.271 e. The molecular formula is C17H16N2O3S. The maximum atomic E-state index is 12.7. The van der Waals surface area contributed by atoms with Gasteiger partial charge in [-0.2, -0.15) is 0 Å². The van der Waals surface area contributed by atoms with Crippen LogP contribution in [0.2, 0.25) is 0 Å². The Labute approximate surface area is 136 Å². The molecule has 1 aliphatic rings. The fourth-order valence-electron chi connectivity index (χ4n) is 2.79. The van der Waals surface area contributed by atoms with Gasteiger partial charge in [-0.25, -0.2) is 4.98 Å². The molecule has 5 nitrogen and oxygen atoms in total. The van der Waals surface area contributed by atoms with Gasteiger partial charge in [-0.15, -0.1) is 11.3 Å². The van der Waals surface area contributed by atoms with Gasteiger partial charge in [0.1, 0.15) is 4.70 Å². The molecule has 3 heterocycles. The Morgan fingerprint density at radius 2 is 2.09 bits per heavy atom. The Morgan fingerprint density at radius 3 is 2.74 bits per heavy atom. The summed E-state index contributed by atoms with van der Waals surface area (Å²) >= 11 is 1.46. The number of fused-ring (bicyclic) bond motifs is 1. The SMILES string of the molecule is O=c1c2sc(-c3ccccc3)cc2ncn1CC1(CO)COC1. The zero-order chi connectivity index (χ0) is 15.9. The first-order valence-electron chi connectivity index (χ1n) is 7.44. The number of ether oxygens (including phenoxy) is 1. The van der Waals surface area contributed by atoms with Crippen LogP contribution in [0.3, 0.4) is 0 Å². The second-order valence-corrected chi connectivity index (χ2v) is 7.07. The van der Waals surface area contributed by atoms with E-state index in [0.29, 0.717) is 24.5 Å². The van der Waals surface area contributed by atoms with Crippen molar-refractivity contribution in [1.29, 1.82) is 0 Å². The minimum Gasteiger partial charge on any atom is -0.396 e. The predicted molar refractivity (Wildman–Crippen MR) is 89.7 cm³/mol. The third kappa shape index (κ3) is 2.49. The van der Waals surface area contributed by atoms with E-state index in [1.165, 1.54) is 11.3 Å². The molecule has 0 spiro atoms. The number of aliphatic hydroxyl groups is 1. The summed E-state index contributed by atoms with van der Waals surface area (Å²) in [4.78, 5) is 18.2. The van der Waals surface area contributed by atoms with Crippen LogP contribution >= 0.6 is 11.3 Å². The van der Waals surface area contributed by atoms with Crippen LogP contribution in [0.15, 0.2) is 47.5 Å². The van der Waals surface area contributed by atoms with Crippen LogP contribution in [0.5, 0.6) is 0 Å². The summed E-state index contributed by atoms with van der Waals surface area (Å²) in [6, 6.07) is 11.9. The van der Waals surface area contributed by atoms with Gasteiger partial charge in [0.15, 0.2) is 0 Å². The van der Waals surface area contributed by atoms with Crippen molar-refractivity contribution >= 4 is 21.6 Å². The average molecular weight is 328 g/mol. The van der Waals surface area contributed by atoms with E-state index in [2.05, 4.69) is 4.98 Å². The van der Waals surface area contributed by atoms with Gasteiger partial charge in [-0.05, 0) is 11.6 Å². The summed E-state index contributed by atoms with van der Waals surface area (Å²) in [7, 11) is 0. The van der Waals surface area contributed by atoms with Gasteiger partial charge in [0, 0.05) is 11.4 Å². The fraction of sp³-hybridized carbons (Fsp3) is 0.294. The van der Waals surface area contributed by atoms with E-state index in [0.717, 1.165) is 16.0 Å². The molecule has 0 bridgehead atoms. The van der Waals surface area contributed by atoms with Crippen LogP contribution in [-0.4, -0.2) is 34.5 Å². The van der Waals surface area contributed by atoms with Crippen LogP contribution in [0.4, 0.5) is 0 Å². The Kier molecular flexibility index (Phi) is 3.52. The van der Waals surface area contributed by atoms with Crippen molar-refractivity contribution in [3.63, 3.8) is 0 Å². The molecule has 1 saturated heterocycles. The van der Waals surface area contributed by atoms with Crippen molar-refractivity contribution in [2.24, 2.45) is 5.41 Å². The minimum atomic E-state index is -0.349. The number of hydrogen-bond donors (Lipinski definition) is 1. The molecule has 1 aliphatic heterocycles. The highest BCUT2D eigenvalue weighted by molar-refractivity contribution is 7.22. The van der Waals surface area contributed by atoms with Crippen molar-refractivity contribution in [2.45, 2.75) is 6.54 Å². The Balaban J connectivity index is 1.75. The van der Waals surface area contributed by atoms with Crippen molar-refractivity contribution in [3.8, 4) is 10.4 Å². The number of benzene rings is 1. The van der Waals surface area contributed by atoms with Gasteiger partial charge in [-0.3, -0.25) is 9.36 Å². The quantitative estimate of drug-likeness (QED) is 0.797. The van der Waals surface area contributed by atoms with E-state index in [1.807, 2.05) is 36.4 Å². The standard InChI is InChI=1S/C17H16N2O3S/c20-8-17(9-22-10-17)7-19-11-18-13-6-14(23-15(13)16(19)21)12-4-2-1-3-5-12/h1-6,11,20H,7-10H2. The second kappa shape index (κ2) is 5.56. The van der Waals surface area contributed by atoms with E-state index < -0.39 is 0 Å². The minimum absolute atomic E-state index is 0.0111. The number of rotatable bonds is 4. The molecule has 1 fully saturated rings. The molecule has 23 heavy (non-hydrogen) atoms. The fourth-order valence-corrected chi connectivity index (χ4v) is 3.85. The molecule has 0 unspecified atom stereocenters. The van der Waals surface area contributed by atoms with Crippen molar-refractivity contribution in [2.75, 3.05) is 19.8 Å². The summed E-state index contributed by atoms with van der Waals surface area (Å²) in [6.45, 7) is 1.41. The zero-order valence-electron chi connectivity index (χ0n) is 12.4. The molecule has 4 rings (SSSR count). The molecule has 1 aromatic carbocycles. The number of aromatic nitrogens is 2. The van der Waals surface area contributed by atoms with E-state index in [-0.39, 0.29) is 17.6 Å². The summed E-state index contributed by atoms with van der Waals surface area (Å²) in [5.74, 6) is 0. The van der Waals surface area contributed by atoms with Crippen LogP contribution in [0, 0.1) is 5.41 Å². The molecule has 3 aromatic rings. The monoisotopic (exact) mass is 328 g/mol. The normalized spacial score (nSPS) is 16.4. The number of thiophene rings is 1. The molecule has 0 aliphatic carbocycles. The summed E-state index contributed by atoms with van der Waals surface area (Å²) in [6.07, 6.45) is 1.57. The molecule has 0 saturated carbocycles. The summed E-state index contributed by atoms with van der Waals surface area (Å²) < 4.78 is 7.44. The van der Waals surface area contributed by atoms with Crippen LogP contribution in [0.25, 0.3) is 20.7 Å². The van der Waals surface area contributed by atoms with Crippen molar-refractivity contribution in [1.82, 2.24) is 9.55 Å². The topological polar surface area (TPSA) is 64.4 Å². The maximum Gasteiger partial charge on any atom is 0.271 e. The highest BCUT2D eigenvalue weighted by Gasteiger charge is 2.38. The largest absolute Gasteiger partial charge is 0.396 e. The third-order valence-corrected chi connectivity index (χ3v) is 5.38.